The molecule has 4 heteroatoms. The van der Waals surface area contributed by atoms with Gasteiger partial charge in [-0.25, -0.2) is 0 Å². The van der Waals surface area contributed by atoms with Gasteiger partial charge in [-0.3, -0.25) is 9.34 Å². The summed E-state index contributed by atoms with van der Waals surface area (Å²) in [5, 5.41) is 1.33. The van der Waals surface area contributed by atoms with Crippen LogP contribution in [0.2, 0.25) is 0 Å². The SMILES string of the molecule is CCN(CC)P(N(CC)CC)n1ccc2ccccc21. The Labute approximate surface area is 124 Å². The molecule has 110 valence electrons. The summed E-state index contributed by atoms with van der Waals surface area (Å²) in [6.45, 7) is 13.4. The molecular weight excluding hydrogens is 265 g/mol. The third kappa shape index (κ3) is 2.90. The minimum Gasteiger partial charge on any atom is -0.301 e. The standard InChI is InChI=1S/C16H26N3P/c1-5-17(6-2)20(18(7-3)8-4)19-14-13-15-11-9-10-12-16(15)19/h9-14H,5-8H2,1-4H3. The number of rotatable bonds is 7. The van der Waals surface area contributed by atoms with E-state index >= 15 is 0 Å². The van der Waals surface area contributed by atoms with E-state index in [4.69, 9.17) is 0 Å². The molecule has 0 radical (unpaired) electrons. The Bertz CT molecular complexity index is 517. The van der Waals surface area contributed by atoms with Gasteiger partial charge in [0.05, 0.1) is 5.52 Å². The summed E-state index contributed by atoms with van der Waals surface area (Å²) < 4.78 is 7.63. The van der Waals surface area contributed by atoms with Crippen molar-refractivity contribution in [2.45, 2.75) is 27.7 Å². The third-order valence-corrected chi connectivity index (χ3v) is 6.62. The van der Waals surface area contributed by atoms with Crippen LogP contribution in [0, 0.1) is 0 Å². The van der Waals surface area contributed by atoms with Crippen molar-refractivity contribution in [3.8, 4) is 0 Å². The highest BCUT2D eigenvalue weighted by atomic mass is 31.2. The van der Waals surface area contributed by atoms with Gasteiger partial charge >= 0.3 is 0 Å². The highest BCUT2D eigenvalue weighted by molar-refractivity contribution is 7.51. The van der Waals surface area contributed by atoms with Gasteiger partial charge in [0.15, 0.2) is 8.37 Å². The summed E-state index contributed by atoms with van der Waals surface area (Å²) in [7, 11) is -0.462. The fraction of sp³-hybridized carbons (Fsp3) is 0.500. The molecule has 0 aliphatic carbocycles. The van der Waals surface area contributed by atoms with Crippen LogP contribution in [-0.4, -0.2) is 39.9 Å². The monoisotopic (exact) mass is 291 g/mol. The Hall–Kier alpha value is -0.890. The van der Waals surface area contributed by atoms with Crippen molar-refractivity contribution in [2.75, 3.05) is 26.2 Å². The quantitative estimate of drug-likeness (QED) is 0.700. The highest BCUT2D eigenvalue weighted by Crippen LogP contribution is 2.47. The first-order chi connectivity index (χ1) is 9.76. The Kier molecular flexibility index (Phi) is 5.59. The molecule has 0 bridgehead atoms. The van der Waals surface area contributed by atoms with Gasteiger partial charge in [-0.05, 0) is 17.5 Å². The van der Waals surface area contributed by atoms with Crippen LogP contribution in [0.1, 0.15) is 27.7 Å². The highest BCUT2D eigenvalue weighted by Gasteiger charge is 2.24. The molecule has 0 atom stereocenters. The number of fused-ring (bicyclic) bond motifs is 1. The number of aromatic nitrogens is 1. The normalized spacial score (nSPS) is 12.2. The first kappa shape index (κ1) is 15.5. The third-order valence-electron chi connectivity index (χ3n) is 3.74. The predicted octanol–water partition coefficient (Wildman–Crippen LogP) is 4.40. The van der Waals surface area contributed by atoms with E-state index < -0.39 is 8.37 Å². The molecule has 1 aromatic carbocycles. The van der Waals surface area contributed by atoms with E-state index in [1.165, 1.54) is 10.9 Å². The van der Waals surface area contributed by atoms with E-state index in [2.05, 4.69) is 77.9 Å². The molecular formula is C16H26N3P. The Balaban J connectivity index is 2.49. The van der Waals surface area contributed by atoms with Gasteiger partial charge in [-0.15, -0.1) is 0 Å². The molecule has 1 aromatic heterocycles. The van der Waals surface area contributed by atoms with Crippen LogP contribution in [0.15, 0.2) is 36.5 Å². The zero-order valence-corrected chi connectivity index (χ0v) is 14.0. The number of para-hydroxylation sites is 1. The molecule has 1 heterocycles. The topological polar surface area (TPSA) is 11.4 Å². The fourth-order valence-electron chi connectivity index (χ4n) is 2.63. The van der Waals surface area contributed by atoms with Gasteiger partial charge in [0.25, 0.3) is 0 Å². The minimum atomic E-state index is -0.462. The van der Waals surface area contributed by atoms with Crippen molar-refractivity contribution in [1.29, 1.82) is 0 Å². The fourth-order valence-corrected chi connectivity index (χ4v) is 5.10. The lowest BCUT2D eigenvalue weighted by Gasteiger charge is -2.38. The average molecular weight is 291 g/mol. The van der Waals surface area contributed by atoms with Crippen LogP contribution in [-0.2, 0) is 0 Å². The molecule has 0 aliphatic rings. The van der Waals surface area contributed by atoms with Crippen LogP contribution in [0.25, 0.3) is 10.9 Å². The van der Waals surface area contributed by atoms with Gasteiger partial charge in [0, 0.05) is 32.4 Å². The lowest BCUT2D eigenvalue weighted by atomic mass is 10.3. The lowest BCUT2D eigenvalue weighted by molar-refractivity contribution is 0.417. The summed E-state index contributed by atoms with van der Waals surface area (Å²) in [6, 6.07) is 10.9. The van der Waals surface area contributed by atoms with E-state index in [1.807, 2.05) is 0 Å². The number of hydrogen-bond donors (Lipinski definition) is 0. The second-order valence-corrected chi connectivity index (χ2v) is 6.86. The lowest BCUT2D eigenvalue weighted by Crippen LogP contribution is -2.31. The second-order valence-electron chi connectivity index (χ2n) is 4.77. The Morgan fingerprint density at radius 2 is 1.40 bits per heavy atom. The zero-order chi connectivity index (χ0) is 14.5. The van der Waals surface area contributed by atoms with Crippen LogP contribution in [0.3, 0.4) is 0 Å². The average Bonchev–Trinajstić information content (AvgIpc) is 2.91. The van der Waals surface area contributed by atoms with Crippen molar-refractivity contribution < 1.29 is 0 Å². The van der Waals surface area contributed by atoms with Gasteiger partial charge in [0.2, 0.25) is 0 Å². The summed E-state index contributed by atoms with van der Waals surface area (Å²) >= 11 is 0. The van der Waals surface area contributed by atoms with Crippen molar-refractivity contribution in [1.82, 2.24) is 13.7 Å². The van der Waals surface area contributed by atoms with Crippen LogP contribution in [0.5, 0.6) is 0 Å². The summed E-state index contributed by atoms with van der Waals surface area (Å²) in [5.41, 5.74) is 1.34. The van der Waals surface area contributed by atoms with E-state index in [-0.39, 0.29) is 0 Å². The molecule has 0 saturated carbocycles. The van der Waals surface area contributed by atoms with Crippen LogP contribution >= 0.6 is 8.37 Å². The summed E-state index contributed by atoms with van der Waals surface area (Å²) in [5.74, 6) is 0. The molecule has 3 nitrogen and oxygen atoms in total. The first-order valence-electron chi connectivity index (χ1n) is 7.62. The molecule has 0 saturated heterocycles. The van der Waals surface area contributed by atoms with Crippen molar-refractivity contribution in [3.63, 3.8) is 0 Å². The zero-order valence-electron chi connectivity index (χ0n) is 13.1. The van der Waals surface area contributed by atoms with Crippen LogP contribution in [0.4, 0.5) is 0 Å². The molecule has 2 rings (SSSR count). The van der Waals surface area contributed by atoms with Crippen molar-refractivity contribution >= 4 is 19.3 Å². The second kappa shape index (κ2) is 7.21. The van der Waals surface area contributed by atoms with E-state index in [0.717, 1.165) is 26.2 Å². The molecule has 20 heavy (non-hydrogen) atoms. The molecule has 0 amide bonds. The van der Waals surface area contributed by atoms with E-state index in [9.17, 15) is 0 Å². The largest absolute Gasteiger partial charge is 0.301 e. The van der Waals surface area contributed by atoms with E-state index in [1.54, 1.807) is 0 Å². The predicted molar refractivity (Wildman–Crippen MR) is 90.1 cm³/mol. The number of hydrogen-bond acceptors (Lipinski definition) is 2. The Morgan fingerprint density at radius 1 is 0.850 bits per heavy atom. The van der Waals surface area contributed by atoms with Crippen LogP contribution < -0.4 is 0 Å². The van der Waals surface area contributed by atoms with Crippen molar-refractivity contribution in [2.24, 2.45) is 0 Å². The Morgan fingerprint density at radius 3 is 1.95 bits per heavy atom. The number of benzene rings is 1. The molecule has 0 aliphatic heterocycles. The van der Waals surface area contributed by atoms with Crippen molar-refractivity contribution in [3.05, 3.63) is 36.5 Å². The molecule has 2 aromatic rings. The molecule has 0 unspecified atom stereocenters. The first-order valence-corrected chi connectivity index (χ1v) is 8.82. The smallest absolute Gasteiger partial charge is 0.153 e. The van der Waals surface area contributed by atoms with E-state index in [0.29, 0.717) is 0 Å². The van der Waals surface area contributed by atoms with Gasteiger partial charge in [0.1, 0.15) is 0 Å². The molecule has 0 spiro atoms. The summed E-state index contributed by atoms with van der Waals surface area (Å²) in [4.78, 5) is 0. The van der Waals surface area contributed by atoms with Gasteiger partial charge < -0.3 is 4.34 Å². The molecule has 0 N–H and O–H groups in total. The maximum atomic E-state index is 2.58. The molecule has 0 fully saturated rings. The van der Waals surface area contributed by atoms with Gasteiger partial charge in [-0.1, -0.05) is 45.9 Å². The number of nitrogens with zero attached hydrogens (tertiary/aromatic N) is 3. The minimum absolute atomic E-state index is 0.462. The maximum Gasteiger partial charge on any atom is 0.153 e. The van der Waals surface area contributed by atoms with Gasteiger partial charge in [-0.2, -0.15) is 0 Å². The maximum absolute atomic E-state index is 2.58. The summed E-state index contributed by atoms with van der Waals surface area (Å²) in [6.07, 6.45) is 2.26.